The molecule has 2 aromatic rings. The average molecular weight is 422 g/mol. The van der Waals surface area contributed by atoms with Gasteiger partial charge in [-0.05, 0) is 42.7 Å². The molecule has 4 nitrogen and oxygen atoms in total. The molecule has 6 heteroatoms. The maximum absolute atomic E-state index is 12.2. The summed E-state index contributed by atoms with van der Waals surface area (Å²) < 4.78 is 12.2. The topological polar surface area (TPSA) is 47.6 Å². The Morgan fingerprint density at radius 1 is 1.16 bits per heavy atom. The highest BCUT2D eigenvalue weighted by atomic mass is 79.9. The number of hydrogen-bond donors (Lipinski definition) is 1. The lowest BCUT2D eigenvalue weighted by atomic mass is 10.1. The van der Waals surface area contributed by atoms with Gasteiger partial charge in [-0.2, -0.15) is 0 Å². The third-order valence-electron chi connectivity index (χ3n) is 3.95. The third-order valence-corrected chi connectivity index (χ3v) is 5.67. The minimum atomic E-state index is 0.0102. The minimum absolute atomic E-state index is 0.0102. The van der Waals surface area contributed by atoms with Gasteiger partial charge < -0.3 is 14.8 Å². The molecule has 1 amide bonds. The molecule has 0 unspecified atom stereocenters. The van der Waals surface area contributed by atoms with E-state index in [1.54, 1.807) is 11.8 Å². The highest BCUT2D eigenvalue weighted by molar-refractivity contribution is 9.10. The largest absolute Gasteiger partial charge is 0.486 e. The normalized spacial score (nSPS) is 12.8. The van der Waals surface area contributed by atoms with E-state index in [-0.39, 0.29) is 5.91 Å². The smallest absolute Gasteiger partial charge is 0.234 e. The maximum atomic E-state index is 12.2. The lowest BCUT2D eigenvalue weighted by molar-refractivity contribution is -0.113. The molecule has 0 aromatic heterocycles. The van der Waals surface area contributed by atoms with Gasteiger partial charge in [0.2, 0.25) is 5.91 Å². The van der Waals surface area contributed by atoms with Crippen molar-refractivity contribution in [2.45, 2.75) is 19.6 Å². The average Bonchev–Trinajstić information content (AvgIpc) is 2.59. The number of hydrogen-bond acceptors (Lipinski definition) is 4. The summed E-state index contributed by atoms with van der Waals surface area (Å²) in [5.41, 5.74) is 4.16. The fraction of sp³-hybridized carbons (Fsp3) is 0.316. The molecule has 0 saturated carbocycles. The van der Waals surface area contributed by atoms with Crippen molar-refractivity contribution in [1.82, 2.24) is 0 Å². The molecule has 0 bridgehead atoms. The molecular formula is C19H20BrNO3S. The second kappa shape index (κ2) is 8.15. The van der Waals surface area contributed by atoms with Gasteiger partial charge >= 0.3 is 0 Å². The predicted octanol–water partition coefficient (Wildman–Crippen LogP) is 4.71. The SMILES string of the molecule is Cc1cccc(C)c1NC(=O)CSCc1cc2c(cc1Br)OCCO2. The van der Waals surface area contributed by atoms with Crippen molar-refractivity contribution in [3.05, 3.63) is 51.5 Å². The Morgan fingerprint density at radius 2 is 1.80 bits per heavy atom. The molecule has 25 heavy (non-hydrogen) atoms. The number of halogens is 1. The highest BCUT2D eigenvalue weighted by Crippen LogP contribution is 2.36. The number of thioether (sulfide) groups is 1. The molecule has 132 valence electrons. The first-order valence-electron chi connectivity index (χ1n) is 8.06. The number of carbonyl (C=O) groups is 1. The van der Waals surface area contributed by atoms with Crippen LogP contribution in [0.15, 0.2) is 34.8 Å². The van der Waals surface area contributed by atoms with Crippen molar-refractivity contribution in [3.8, 4) is 11.5 Å². The van der Waals surface area contributed by atoms with E-state index in [1.165, 1.54) is 0 Å². The van der Waals surface area contributed by atoms with Crippen LogP contribution in [-0.2, 0) is 10.5 Å². The van der Waals surface area contributed by atoms with Gasteiger partial charge in [0, 0.05) is 15.9 Å². The highest BCUT2D eigenvalue weighted by Gasteiger charge is 2.15. The van der Waals surface area contributed by atoms with Crippen LogP contribution in [0, 0.1) is 13.8 Å². The fourth-order valence-electron chi connectivity index (χ4n) is 2.66. The van der Waals surface area contributed by atoms with Crippen LogP contribution < -0.4 is 14.8 Å². The Kier molecular flexibility index (Phi) is 5.91. The summed E-state index contributed by atoms with van der Waals surface area (Å²) in [6.45, 7) is 5.15. The number of benzene rings is 2. The van der Waals surface area contributed by atoms with E-state index in [2.05, 4.69) is 21.2 Å². The molecule has 0 spiro atoms. The van der Waals surface area contributed by atoms with Crippen molar-refractivity contribution < 1.29 is 14.3 Å². The van der Waals surface area contributed by atoms with Crippen molar-refractivity contribution in [2.24, 2.45) is 0 Å². The zero-order valence-electron chi connectivity index (χ0n) is 14.2. The van der Waals surface area contributed by atoms with Gasteiger partial charge in [0.25, 0.3) is 0 Å². The van der Waals surface area contributed by atoms with Crippen LogP contribution in [0.3, 0.4) is 0 Å². The standard InChI is InChI=1S/C19H20BrNO3S/c1-12-4-3-5-13(2)19(12)21-18(22)11-25-10-14-8-16-17(9-15(14)20)24-7-6-23-16/h3-5,8-9H,6-7,10-11H2,1-2H3,(H,21,22). The molecule has 1 aliphatic heterocycles. The number of para-hydroxylation sites is 1. The van der Waals surface area contributed by atoms with Gasteiger partial charge in [0.1, 0.15) is 13.2 Å². The van der Waals surface area contributed by atoms with Crippen LogP contribution in [0.1, 0.15) is 16.7 Å². The molecule has 0 radical (unpaired) electrons. The van der Waals surface area contributed by atoms with E-state index in [0.29, 0.717) is 19.0 Å². The van der Waals surface area contributed by atoms with Gasteiger partial charge in [-0.1, -0.05) is 34.1 Å². The zero-order chi connectivity index (χ0) is 17.8. The summed E-state index contributed by atoms with van der Waals surface area (Å²) in [5, 5.41) is 3.01. The van der Waals surface area contributed by atoms with Crippen molar-refractivity contribution in [2.75, 3.05) is 24.3 Å². The number of nitrogens with one attached hydrogen (secondary N) is 1. The van der Waals surface area contributed by atoms with Crippen LogP contribution in [-0.4, -0.2) is 24.9 Å². The van der Waals surface area contributed by atoms with Crippen LogP contribution >= 0.6 is 27.7 Å². The molecule has 0 aliphatic carbocycles. The van der Waals surface area contributed by atoms with Crippen LogP contribution in [0.25, 0.3) is 0 Å². The molecule has 0 saturated heterocycles. The van der Waals surface area contributed by atoms with E-state index in [1.807, 2.05) is 44.2 Å². The van der Waals surface area contributed by atoms with Gasteiger partial charge in [-0.25, -0.2) is 0 Å². The number of rotatable bonds is 5. The molecule has 1 heterocycles. The summed E-state index contributed by atoms with van der Waals surface area (Å²) in [5.74, 6) is 2.66. The maximum Gasteiger partial charge on any atom is 0.234 e. The number of amides is 1. The molecule has 1 N–H and O–H groups in total. The van der Waals surface area contributed by atoms with Gasteiger partial charge in [-0.3, -0.25) is 4.79 Å². The first-order valence-corrected chi connectivity index (χ1v) is 10.0. The number of anilines is 1. The van der Waals surface area contributed by atoms with Gasteiger partial charge in [-0.15, -0.1) is 11.8 Å². The van der Waals surface area contributed by atoms with Crippen molar-refractivity contribution in [3.63, 3.8) is 0 Å². The van der Waals surface area contributed by atoms with Crippen LogP contribution in [0.4, 0.5) is 5.69 Å². The second-order valence-corrected chi connectivity index (χ2v) is 7.73. The zero-order valence-corrected chi connectivity index (χ0v) is 16.6. The van der Waals surface area contributed by atoms with Crippen molar-refractivity contribution in [1.29, 1.82) is 0 Å². The van der Waals surface area contributed by atoms with E-state index < -0.39 is 0 Å². The Hall–Kier alpha value is -1.66. The molecular weight excluding hydrogens is 402 g/mol. The second-order valence-electron chi connectivity index (χ2n) is 5.90. The summed E-state index contributed by atoms with van der Waals surface area (Å²) in [6.07, 6.45) is 0. The van der Waals surface area contributed by atoms with Gasteiger partial charge in [0.05, 0.1) is 5.75 Å². The summed E-state index contributed by atoms with van der Waals surface area (Å²) >= 11 is 5.14. The summed E-state index contributed by atoms with van der Waals surface area (Å²) in [4.78, 5) is 12.2. The summed E-state index contributed by atoms with van der Waals surface area (Å²) in [6, 6.07) is 9.91. The predicted molar refractivity (Wildman–Crippen MR) is 106 cm³/mol. The van der Waals surface area contributed by atoms with E-state index >= 15 is 0 Å². The van der Waals surface area contributed by atoms with Crippen LogP contribution in [0.5, 0.6) is 11.5 Å². The lowest BCUT2D eigenvalue weighted by Crippen LogP contribution is -2.16. The number of ether oxygens (including phenoxy) is 2. The number of aryl methyl sites for hydroxylation is 2. The molecule has 2 aromatic carbocycles. The van der Waals surface area contributed by atoms with Crippen molar-refractivity contribution >= 4 is 39.3 Å². The van der Waals surface area contributed by atoms with Crippen LogP contribution in [0.2, 0.25) is 0 Å². The monoisotopic (exact) mass is 421 g/mol. The number of carbonyl (C=O) groups excluding carboxylic acids is 1. The summed E-state index contributed by atoms with van der Waals surface area (Å²) in [7, 11) is 0. The quantitative estimate of drug-likeness (QED) is 0.759. The number of fused-ring (bicyclic) bond motifs is 1. The molecule has 0 fully saturated rings. The first-order chi connectivity index (χ1) is 12.0. The first kappa shape index (κ1) is 18.1. The lowest BCUT2D eigenvalue weighted by Gasteiger charge is -2.19. The molecule has 1 aliphatic rings. The Labute approximate surface area is 160 Å². The Balaban J connectivity index is 1.57. The molecule has 0 atom stereocenters. The Morgan fingerprint density at radius 3 is 2.48 bits per heavy atom. The van der Waals surface area contributed by atoms with E-state index in [9.17, 15) is 4.79 Å². The van der Waals surface area contributed by atoms with E-state index in [0.717, 1.165) is 44.1 Å². The Bertz CT molecular complexity index is 774. The van der Waals surface area contributed by atoms with E-state index in [4.69, 9.17) is 9.47 Å². The molecule has 3 rings (SSSR count). The third kappa shape index (κ3) is 4.50. The minimum Gasteiger partial charge on any atom is -0.486 e. The fourth-order valence-corrected chi connectivity index (χ4v) is 4.12. The van der Waals surface area contributed by atoms with Gasteiger partial charge in [0.15, 0.2) is 11.5 Å².